The van der Waals surface area contributed by atoms with Gasteiger partial charge in [0.15, 0.2) is 5.76 Å². The van der Waals surface area contributed by atoms with Gasteiger partial charge in [0.05, 0.1) is 0 Å². The van der Waals surface area contributed by atoms with Crippen LogP contribution in [-0.4, -0.2) is 11.8 Å². The van der Waals surface area contributed by atoms with E-state index in [2.05, 4.69) is 10.6 Å². The highest BCUT2D eigenvalue weighted by atomic mass is 16.3. The van der Waals surface area contributed by atoms with Gasteiger partial charge in [-0.15, -0.1) is 0 Å². The van der Waals surface area contributed by atoms with Gasteiger partial charge in [-0.3, -0.25) is 9.59 Å². The fourth-order valence-electron chi connectivity index (χ4n) is 3.23. The molecule has 134 valence electrons. The van der Waals surface area contributed by atoms with Gasteiger partial charge in [0.2, 0.25) is 5.91 Å². The minimum Gasteiger partial charge on any atom is -0.450 e. The van der Waals surface area contributed by atoms with Crippen LogP contribution >= 0.6 is 0 Å². The summed E-state index contributed by atoms with van der Waals surface area (Å²) in [5.74, 6) is -0.211. The zero-order valence-electron chi connectivity index (χ0n) is 15.0. The summed E-state index contributed by atoms with van der Waals surface area (Å²) >= 11 is 0. The van der Waals surface area contributed by atoms with Crippen molar-refractivity contribution in [1.29, 1.82) is 0 Å². The molecular formula is C22H18N2O3. The first-order valence-electron chi connectivity index (χ1n) is 8.63. The predicted octanol–water partition coefficient (Wildman–Crippen LogP) is 5.11. The van der Waals surface area contributed by atoms with Gasteiger partial charge in [-0.05, 0) is 30.5 Å². The van der Waals surface area contributed by atoms with E-state index in [-0.39, 0.29) is 17.6 Å². The molecule has 27 heavy (non-hydrogen) atoms. The molecule has 0 spiro atoms. The summed E-state index contributed by atoms with van der Waals surface area (Å²) in [6, 6.07) is 18.9. The van der Waals surface area contributed by atoms with E-state index < -0.39 is 0 Å². The second-order valence-corrected chi connectivity index (χ2v) is 6.44. The standard InChI is InChI=1S/C22H18N2O3/c1-13-18-11-10-15-6-3-4-9-19(15)21(18)27-20(13)22(26)24-17-8-5-7-16(12-17)23-14(2)25/h3-12H,1-2H3,(H,23,25)(H,24,26). The maximum atomic E-state index is 12.8. The Morgan fingerprint density at radius 3 is 2.37 bits per heavy atom. The minimum atomic E-state index is -0.326. The number of furan rings is 1. The van der Waals surface area contributed by atoms with Crippen LogP contribution in [0, 0.1) is 6.92 Å². The lowest BCUT2D eigenvalue weighted by Crippen LogP contribution is -2.12. The average Bonchev–Trinajstić information content (AvgIpc) is 2.99. The van der Waals surface area contributed by atoms with Crippen LogP contribution in [-0.2, 0) is 4.79 Å². The molecule has 1 heterocycles. The highest BCUT2D eigenvalue weighted by molar-refractivity contribution is 6.11. The third-order valence-corrected chi connectivity index (χ3v) is 4.48. The first-order chi connectivity index (χ1) is 13.0. The Morgan fingerprint density at radius 1 is 0.852 bits per heavy atom. The van der Waals surface area contributed by atoms with Gasteiger partial charge >= 0.3 is 0 Å². The number of anilines is 2. The van der Waals surface area contributed by atoms with Crippen molar-refractivity contribution in [2.45, 2.75) is 13.8 Å². The molecule has 0 aliphatic rings. The van der Waals surface area contributed by atoms with Crippen molar-refractivity contribution in [2.24, 2.45) is 0 Å². The topological polar surface area (TPSA) is 71.3 Å². The van der Waals surface area contributed by atoms with Gasteiger partial charge in [-0.2, -0.15) is 0 Å². The third kappa shape index (κ3) is 3.15. The summed E-state index contributed by atoms with van der Waals surface area (Å²) in [7, 11) is 0. The van der Waals surface area contributed by atoms with Crippen molar-refractivity contribution in [3.63, 3.8) is 0 Å². The number of carbonyl (C=O) groups excluding carboxylic acids is 2. The monoisotopic (exact) mass is 358 g/mol. The van der Waals surface area contributed by atoms with E-state index in [9.17, 15) is 9.59 Å². The van der Waals surface area contributed by atoms with E-state index in [0.717, 1.165) is 21.7 Å². The minimum absolute atomic E-state index is 0.168. The van der Waals surface area contributed by atoms with Crippen molar-refractivity contribution in [1.82, 2.24) is 0 Å². The number of amides is 2. The van der Waals surface area contributed by atoms with Crippen molar-refractivity contribution in [3.8, 4) is 0 Å². The molecule has 3 aromatic carbocycles. The van der Waals surface area contributed by atoms with Crippen LogP contribution in [0.25, 0.3) is 21.7 Å². The van der Waals surface area contributed by atoms with E-state index in [4.69, 9.17) is 4.42 Å². The van der Waals surface area contributed by atoms with E-state index in [1.54, 1.807) is 24.3 Å². The molecule has 0 aliphatic heterocycles. The van der Waals surface area contributed by atoms with Gasteiger partial charge < -0.3 is 15.1 Å². The Bertz CT molecular complexity index is 1190. The maximum absolute atomic E-state index is 12.8. The van der Waals surface area contributed by atoms with E-state index in [0.29, 0.717) is 17.0 Å². The lowest BCUT2D eigenvalue weighted by Gasteiger charge is -2.07. The number of hydrogen-bond donors (Lipinski definition) is 2. The zero-order chi connectivity index (χ0) is 19.0. The summed E-state index contributed by atoms with van der Waals surface area (Å²) in [5, 5.41) is 8.50. The largest absolute Gasteiger partial charge is 0.450 e. The lowest BCUT2D eigenvalue weighted by atomic mass is 10.1. The van der Waals surface area contributed by atoms with Crippen molar-refractivity contribution in [3.05, 3.63) is 72.0 Å². The van der Waals surface area contributed by atoms with Gasteiger partial charge in [-0.25, -0.2) is 0 Å². The Morgan fingerprint density at radius 2 is 1.59 bits per heavy atom. The van der Waals surface area contributed by atoms with Crippen LogP contribution in [0.1, 0.15) is 23.0 Å². The van der Waals surface area contributed by atoms with Crippen molar-refractivity contribution < 1.29 is 14.0 Å². The summed E-state index contributed by atoms with van der Waals surface area (Å²) in [5.41, 5.74) is 2.71. The fourth-order valence-corrected chi connectivity index (χ4v) is 3.23. The predicted molar refractivity (Wildman–Crippen MR) is 107 cm³/mol. The molecule has 4 rings (SSSR count). The number of aryl methyl sites for hydroxylation is 1. The number of benzene rings is 3. The Hall–Kier alpha value is -3.60. The smallest absolute Gasteiger partial charge is 0.291 e. The second kappa shape index (κ2) is 6.61. The molecule has 0 radical (unpaired) electrons. The van der Waals surface area contributed by atoms with E-state index >= 15 is 0 Å². The molecule has 0 aliphatic carbocycles. The molecule has 1 aromatic heterocycles. The summed E-state index contributed by atoms with van der Waals surface area (Å²) in [6.07, 6.45) is 0. The van der Waals surface area contributed by atoms with Crippen molar-refractivity contribution >= 4 is 44.9 Å². The molecule has 4 aromatic rings. The molecule has 2 amide bonds. The molecular weight excluding hydrogens is 340 g/mol. The molecule has 0 unspecified atom stereocenters. The number of carbonyl (C=O) groups is 2. The molecule has 0 fully saturated rings. The highest BCUT2D eigenvalue weighted by Gasteiger charge is 2.19. The zero-order valence-corrected chi connectivity index (χ0v) is 15.0. The second-order valence-electron chi connectivity index (χ2n) is 6.44. The molecule has 0 saturated carbocycles. The van der Waals surface area contributed by atoms with Gasteiger partial charge in [0, 0.05) is 34.6 Å². The SMILES string of the molecule is CC(=O)Nc1cccc(NC(=O)c2oc3c(ccc4ccccc43)c2C)c1. The first kappa shape index (κ1) is 16.8. The highest BCUT2D eigenvalue weighted by Crippen LogP contribution is 2.32. The van der Waals surface area contributed by atoms with Crippen molar-refractivity contribution in [2.75, 3.05) is 10.6 Å². The quantitative estimate of drug-likeness (QED) is 0.535. The fraction of sp³-hybridized carbons (Fsp3) is 0.0909. The number of nitrogens with one attached hydrogen (secondary N) is 2. The number of rotatable bonds is 3. The summed E-state index contributed by atoms with van der Waals surface area (Å²) in [4.78, 5) is 24.0. The summed E-state index contributed by atoms with van der Waals surface area (Å²) < 4.78 is 5.96. The van der Waals surface area contributed by atoms with Crippen LogP contribution in [0.3, 0.4) is 0 Å². The van der Waals surface area contributed by atoms with Gasteiger partial charge in [0.25, 0.3) is 5.91 Å². The Balaban J connectivity index is 1.70. The molecule has 5 nitrogen and oxygen atoms in total. The lowest BCUT2D eigenvalue weighted by molar-refractivity contribution is -0.114. The molecule has 0 atom stereocenters. The van der Waals surface area contributed by atoms with E-state index in [1.807, 2.05) is 43.3 Å². The molecule has 2 N–H and O–H groups in total. The number of fused-ring (bicyclic) bond motifs is 3. The molecule has 0 bridgehead atoms. The van der Waals surface area contributed by atoms with Crippen LogP contribution in [0.15, 0.2) is 65.1 Å². The van der Waals surface area contributed by atoms with Gasteiger partial charge in [0.1, 0.15) is 5.58 Å². The molecule has 5 heteroatoms. The van der Waals surface area contributed by atoms with Crippen LogP contribution in [0.4, 0.5) is 11.4 Å². The molecule has 0 saturated heterocycles. The average molecular weight is 358 g/mol. The third-order valence-electron chi connectivity index (χ3n) is 4.48. The number of hydrogen-bond acceptors (Lipinski definition) is 3. The van der Waals surface area contributed by atoms with Gasteiger partial charge in [-0.1, -0.05) is 42.5 Å². The van der Waals surface area contributed by atoms with E-state index in [1.165, 1.54) is 6.92 Å². The normalized spacial score (nSPS) is 10.9. The van der Waals surface area contributed by atoms with Crippen LogP contribution in [0.2, 0.25) is 0 Å². The maximum Gasteiger partial charge on any atom is 0.291 e. The Kier molecular flexibility index (Phi) is 4.12. The van der Waals surface area contributed by atoms with Crippen LogP contribution in [0.5, 0.6) is 0 Å². The summed E-state index contributed by atoms with van der Waals surface area (Å²) in [6.45, 7) is 3.32. The first-order valence-corrected chi connectivity index (χ1v) is 8.63. The van der Waals surface area contributed by atoms with Crippen LogP contribution < -0.4 is 10.6 Å². The Labute approximate surface area is 156 Å².